The summed E-state index contributed by atoms with van der Waals surface area (Å²) in [5, 5.41) is 3.20. The number of hydrogen-bond donors (Lipinski definition) is 1. The molecule has 0 aliphatic carbocycles. The Kier molecular flexibility index (Phi) is 2.49. The van der Waals surface area contributed by atoms with Gasteiger partial charge in [0.1, 0.15) is 5.94 Å². The molecule has 1 aliphatic rings. The van der Waals surface area contributed by atoms with Crippen LogP contribution in [-0.4, -0.2) is 19.0 Å². The molecule has 1 saturated heterocycles. The average molecular weight is 124 g/mol. The molecule has 0 spiro atoms. The molecule has 1 N–H and O–H groups in total. The van der Waals surface area contributed by atoms with Gasteiger partial charge in [0.25, 0.3) is 0 Å². The Morgan fingerprint density at radius 2 is 2.00 bits per heavy atom. The second-order valence-electron chi connectivity index (χ2n) is 2.27. The lowest BCUT2D eigenvalue weighted by Crippen LogP contribution is -2.26. The monoisotopic (exact) mass is 124 g/mol. The molecule has 1 heterocycles. The Morgan fingerprint density at radius 1 is 1.33 bits per heavy atom. The van der Waals surface area contributed by atoms with Crippen molar-refractivity contribution in [3.8, 4) is 0 Å². The van der Waals surface area contributed by atoms with Crippen molar-refractivity contribution in [2.45, 2.75) is 12.8 Å². The summed E-state index contributed by atoms with van der Waals surface area (Å²) in [7, 11) is 0. The number of nitrogens with one attached hydrogen (secondary N) is 1. The number of carbonyl (C=O) groups excluding carboxylic acids is 1. The maximum atomic E-state index is 9.82. The minimum atomic E-state index is 0.365. The molecule has 0 bridgehead atoms. The van der Waals surface area contributed by atoms with E-state index < -0.39 is 0 Å². The van der Waals surface area contributed by atoms with E-state index in [1.165, 1.54) is 0 Å². The van der Waals surface area contributed by atoms with Crippen LogP contribution in [0.4, 0.5) is 0 Å². The zero-order valence-corrected chi connectivity index (χ0v) is 5.31. The second-order valence-corrected chi connectivity index (χ2v) is 2.27. The van der Waals surface area contributed by atoms with Gasteiger partial charge in [-0.25, -0.2) is 4.79 Å². The summed E-state index contributed by atoms with van der Waals surface area (Å²) < 4.78 is 0. The largest absolute Gasteiger partial charge is 0.317 e. The predicted octanol–water partition coefficient (Wildman–Crippen LogP) is 0.177. The van der Waals surface area contributed by atoms with E-state index in [4.69, 9.17) is 0 Å². The molecule has 0 amide bonds. The summed E-state index contributed by atoms with van der Waals surface area (Å²) in [6.45, 7) is 2.03. The van der Waals surface area contributed by atoms with Crippen molar-refractivity contribution in [1.82, 2.24) is 5.32 Å². The van der Waals surface area contributed by atoms with E-state index in [0.717, 1.165) is 25.9 Å². The third-order valence-corrected chi connectivity index (χ3v) is 1.60. The fourth-order valence-electron chi connectivity index (χ4n) is 1.05. The molecule has 1 aliphatic heterocycles. The van der Waals surface area contributed by atoms with E-state index in [2.05, 4.69) is 11.4 Å². The lowest BCUT2D eigenvalue weighted by Gasteiger charge is -2.16. The van der Waals surface area contributed by atoms with E-state index in [9.17, 15) is 4.79 Å². The van der Waals surface area contributed by atoms with Gasteiger partial charge in [-0.05, 0) is 31.8 Å². The standard InChI is InChI=1S/C7H10NO/c9-6-3-7-1-4-8-5-2-7/h7-8H,1-2,4-5H2. The fourth-order valence-corrected chi connectivity index (χ4v) is 1.05. The molecular weight excluding hydrogens is 114 g/mol. The third-order valence-electron chi connectivity index (χ3n) is 1.60. The molecule has 1 radical (unpaired) electrons. The number of hydrogen-bond acceptors (Lipinski definition) is 2. The van der Waals surface area contributed by atoms with Crippen LogP contribution in [0, 0.1) is 12.0 Å². The highest BCUT2D eigenvalue weighted by atomic mass is 16.1. The summed E-state index contributed by atoms with van der Waals surface area (Å²) in [6, 6.07) is 0. The van der Waals surface area contributed by atoms with Crippen molar-refractivity contribution < 1.29 is 4.79 Å². The summed E-state index contributed by atoms with van der Waals surface area (Å²) in [5.74, 6) is 2.07. The molecule has 0 aromatic carbocycles. The van der Waals surface area contributed by atoms with Crippen LogP contribution in [0.1, 0.15) is 12.8 Å². The van der Waals surface area contributed by atoms with E-state index in [0.29, 0.717) is 5.92 Å². The summed E-state index contributed by atoms with van der Waals surface area (Å²) >= 11 is 0. The highest BCUT2D eigenvalue weighted by Gasteiger charge is 2.09. The average Bonchev–Trinajstić information content (AvgIpc) is 1.91. The van der Waals surface area contributed by atoms with Gasteiger partial charge in [-0.1, -0.05) is 0 Å². The zero-order valence-electron chi connectivity index (χ0n) is 5.31. The van der Waals surface area contributed by atoms with Crippen LogP contribution in [0.15, 0.2) is 0 Å². The molecule has 0 atom stereocenters. The van der Waals surface area contributed by atoms with E-state index in [1.54, 1.807) is 5.94 Å². The number of allylic oxidation sites excluding steroid dienone is 1. The minimum absolute atomic E-state index is 0.365. The van der Waals surface area contributed by atoms with Gasteiger partial charge < -0.3 is 5.32 Å². The maximum absolute atomic E-state index is 9.82. The molecular formula is C7H10NO. The van der Waals surface area contributed by atoms with Crippen molar-refractivity contribution >= 4 is 5.94 Å². The smallest absolute Gasteiger partial charge is 0.129 e. The van der Waals surface area contributed by atoms with Gasteiger partial charge in [0.2, 0.25) is 0 Å². The van der Waals surface area contributed by atoms with Crippen molar-refractivity contribution in [2.24, 2.45) is 5.92 Å². The van der Waals surface area contributed by atoms with Gasteiger partial charge in [-0.15, -0.1) is 0 Å². The highest BCUT2D eigenvalue weighted by molar-refractivity contribution is 5.41. The van der Waals surface area contributed by atoms with Crippen LogP contribution in [0.2, 0.25) is 0 Å². The third kappa shape index (κ3) is 2.00. The number of rotatable bonds is 1. The van der Waals surface area contributed by atoms with Crippen LogP contribution in [0.25, 0.3) is 0 Å². The fraction of sp³-hybridized carbons (Fsp3) is 0.714. The molecule has 9 heavy (non-hydrogen) atoms. The van der Waals surface area contributed by atoms with Gasteiger partial charge in [0.05, 0.1) is 6.08 Å². The van der Waals surface area contributed by atoms with Crippen molar-refractivity contribution in [3.63, 3.8) is 0 Å². The van der Waals surface area contributed by atoms with Crippen LogP contribution in [0.3, 0.4) is 0 Å². The van der Waals surface area contributed by atoms with Crippen LogP contribution in [0.5, 0.6) is 0 Å². The van der Waals surface area contributed by atoms with Gasteiger partial charge in [0.15, 0.2) is 0 Å². The molecule has 0 aromatic heterocycles. The molecule has 2 heteroatoms. The van der Waals surface area contributed by atoms with Crippen molar-refractivity contribution in [2.75, 3.05) is 13.1 Å². The van der Waals surface area contributed by atoms with Gasteiger partial charge in [0, 0.05) is 0 Å². The number of piperidine rings is 1. The molecule has 1 rings (SSSR count). The highest BCUT2D eigenvalue weighted by Crippen LogP contribution is 2.09. The minimum Gasteiger partial charge on any atom is -0.317 e. The Hall–Kier alpha value is -0.590. The Labute approximate surface area is 54.9 Å². The van der Waals surface area contributed by atoms with Crippen molar-refractivity contribution in [3.05, 3.63) is 6.08 Å². The topological polar surface area (TPSA) is 29.1 Å². The van der Waals surface area contributed by atoms with E-state index in [-0.39, 0.29) is 0 Å². The van der Waals surface area contributed by atoms with Crippen LogP contribution in [-0.2, 0) is 4.79 Å². The maximum Gasteiger partial charge on any atom is 0.129 e. The predicted molar refractivity (Wildman–Crippen MR) is 34.5 cm³/mol. The van der Waals surface area contributed by atoms with Gasteiger partial charge in [-0.3, -0.25) is 0 Å². The first kappa shape index (κ1) is 6.53. The first-order chi connectivity index (χ1) is 4.43. The normalized spacial score (nSPS) is 20.9. The molecule has 0 unspecified atom stereocenters. The van der Waals surface area contributed by atoms with Gasteiger partial charge >= 0.3 is 0 Å². The quantitative estimate of drug-likeness (QED) is 0.505. The Balaban J connectivity index is 2.31. The first-order valence-electron chi connectivity index (χ1n) is 3.27. The zero-order chi connectivity index (χ0) is 6.53. The SMILES string of the molecule is O=C=[C]C1CCNCC1. The lowest BCUT2D eigenvalue weighted by molar-refractivity contribution is 0.428. The summed E-state index contributed by atoms with van der Waals surface area (Å²) in [5.41, 5.74) is 0. The van der Waals surface area contributed by atoms with Gasteiger partial charge in [-0.2, -0.15) is 0 Å². The Bertz CT molecular complexity index is 121. The first-order valence-corrected chi connectivity index (χ1v) is 3.27. The van der Waals surface area contributed by atoms with Crippen molar-refractivity contribution in [1.29, 1.82) is 0 Å². The summed E-state index contributed by atoms with van der Waals surface area (Å²) in [6.07, 6.45) is 4.71. The second kappa shape index (κ2) is 3.44. The van der Waals surface area contributed by atoms with E-state index in [1.807, 2.05) is 0 Å². The molecule has 1 fully saturated rings. The molecule has 2 nitrogen and oxygen atoms in total. The molecule has 49 valence electrons. The van der Waals surface area contributed by atoms with E-state index >= 15 is 0 Å². The van der Waals surface area contributed by atoms with Crippen LogP contribution < -0.4 is 5.32 Å². The lowest BCUT2D eigenvalue weighted by atomic mass is 9.99. The Morgan fingerprint density at radius 3 is 2.56 bits per heavy atom. The molecule has 0 saturated carbocycles. The molecule has 0 aromatic rings. The summed E-state index contributed by atoms with van der Waals surface area (Å²) in [4.78, 5) is 9.82. The van der Waals surface area contributed by atoms with Crippen LogP contribution >= 0.6 is 0 Å².